The number of hydrogen-bond acceptors (Lipinski definition) is 8. The van der Waals surface area contributed by atoms with Gasteiger partial charge in [0.15, 0.2) is 0 Å². The normalized spacial score (nSPS) is 13.2. The monoisotopic (exact) mass is 456 g/mol. The number of thioether (sulfide) groups is 1. The quantitative estimate of drug-likeness (QED) is 0.342. The second kappa shape index (κ2) is 13.5. The first-order chi connectivity index (χ1) is 13.6. The Morgan fingerprint density at radius 1 is 1.21 bits per heavy atom. The van der Waals surface area contributed by atoms with Crippen LogP contribution in [-0.2, 0) is 17.6 Å². The van der Waals surface area contributed by atoms with Crippen LogP contribution in [0, 0.1) is 5.92 Å². The largest absolute Gasteiger partial charge is 0.327 e. The third kappa shape index (κ3) is 8.73. The standard InChI is InChI=1S/C19H28N4OS4/c1-3-17-22-23-19(28-17)21-18(24)15(11-14-7-5-4-6-8-14)12-26-27-13-16(20)9-10-25-2/h4-8,15-16H,3,9-13,20H2,1-2H3,(H,21,23,24). The van der Waals surface area contributed by atoms with Gasteiger partial charge in [0.1, 0.15) is 5.01 Å². The van der Waals surface area contributed by atoms with E-state index in [1.807, 2.05) is 36.9 Å². The lowest BCUT2D eigenvalue weighted by Crippen LogP contribution is -2.27. The molecule has 2 atom stereocenters. The lowest BCUT2D eigenvalue weighted by molar-refractivity contribution is -0.119. The molecule has 1 aromatic carbocycles. The summed E-state index contributed by atoms with van der Waals surface area (Å²) in [5.74, 6) is 2.60. The van der Waals surface area contributed by atoms with Gasteiger partial charge in [0.05, 0.1) is 5.92 Å². The van der Waals surface area contributed by atoms with Crippen molar-refractivity contribution in [1.29, 1.82) is 0 Å². The molecular formula is C19H28N4OS4. The molecule has 0 aliphatic rings. The summed E-state index contributed by atoms with van der Waals surface area (Å²) in [6.07, 6.45) is 4.66. The van der Waals surface area contributed by atoms with Crippen molar-refractivity contribution in [3.05, 3.63) is 40.9 Å². The van der Waals surface area contributed by atoms with Crippen LogP contribution >= 0.6 is 44.7 Å². The molecule has 3 N–H and O–H groups in total. The molecule has 0 fully saturated rings. The maximum atomic E-state index is 12.9. The molecule has 1 heterocycles. The lowest BCUT2D eigenvalue weighted by Gasteiger charge is -2.16. The van der Waals surface area contributed by atoms with E-state index in [2.05, 4.69) is 33.9 Å². The van der Waals surface area contributed by atoms with Crippen LogP contribution in [0.2, 0.25) is 0 Å². The minimum Gasteiger partial charge on any atom is -0.327 e. The summed E-state index contributed by atoms with van der Waals surface area (Å²) in [6, 6.07) is 10.4. The van der Waals surface area contributed by atoms with E-state index in [0.29, 0.717) is 11.6 Å². The number of carbonyl (C=O) groups is 1. The zero-order valence-corrected chi connectivity index (χ0v) is 19.6. The molecular weight excluding hydrogens is 429 g/mol. The van der Waals surface area contributed by atoms with Gasteiger partial charge >= 0.3 is 0 Å². The Kier molecular flexibility index (Phi) is 11.3. The summed E-state index contributed by atoms with van der Waals surface area (Å²) in [4.78, 5) is 12.9. The van der Waals surface area contributed by atoms with E-state index in [-0.39, 0.29) is 17.9 Å². The summed E-state index contributed by atoms with van der Waals surface area (Å²) in [5, 5.41) is 12.6. The van der Waals surface area contributed by atoms with E-state index in [0.717, 1.165) is 40.7 Å². The average Bonchev–Trinajstić information content (AvgIpc) is 3.17. The first-order valence-electron chi connectivity index (χ1n) is 9.28. The summed E-state index contributed by atoms with van der Waals surface area (Å²) < 4.78 is 0. The minimum absolute atomic E-state index is 0.00226. The molecule has 2 aromatic rings. The van der Waals surface area contributed by atoms with Gasteiger partial charge in [0.25, 0.3) is 0 Å². The van der Waals surface area contributed by atoms with Crippen LogP contribution in [0.4, 0.5) is 5.13 Å². The number of carbonyl (C=O) groups excluding carboxylic acids is 1. The van der Waals surface area contributed by atoms with Gasteiger partial charge in [-0.05, 0) is 36.8 Å². The number of hydrogen-bond donors (Lipinski definition) is 2. The van der Waals surface area contributed by atoms with Gasteiger partial charge in [0.2, 0.25) is 11.0 Å². The van der Waals surface area contributed by atoms with Crippen molar-refractivity contribution in [2.45, 2.75) is 32.2 Å². The molecule has 0 bridgehead atoms. The zero-order valence-electron chi connectivity index (χ0n) is 16.3. The van der Waals surface area contributed by atoms with E-state index in [1.165, 1.54) is 11.3 Å². The number of nitrogens with two attached hydrogens (primary N) is 1. The second-order valence-corrected chi connectivity index (χ2v) is 10.9. The fourth-order valence-electron chi connectivity index (χ4n) is 2.40. The van der Waals surface area contributed by atoms with Gasteiger partial charge < -0.3 is 11.1 Å². The fraction of sp³-hybridized carbons (Fsp3) is 0.526. The SMILES string of the molecule is CCc1nnc(NC(=O)C(CSSCC(N)CCSC)Cc2ccccc2)s1. The highest BCUT2D eigenvalue weighted by Crippen LogP contribution is 2.28. The summed E-state index contributed by atoms with van der Waals surface area (Å²) in [5.41, 5.74) is 7.30. The number of benzene rings is 1. The lowest BCUT2D eigenvalue weighted by atomic mass is 10.0. The van der Waals surface area contributed by atoms with E-state index in [1.54, 1.807) is 21.6 Å². The van der Waals surface area contributed by atoms with Crippen LogP contribution in [0.3, 0.4) is 0 Å². The van der Waals surface area contributed by atoms with Crippen molar-refractivity contribution in [3.8, 4) is 0 Å². The number of aromatic nitrogens is 2. The molecule has 0 saturated heterocycles. The van der Waals surface area contributed by atoms with Crippen molar-refractivity contribution in [1.82, 2.24) is 10.2 Å². The van der Waals surface area contributed by atoms with E-state index in [4.69, 9.17) is 5.73 Å². The van der Waals surface area contributed by atoms with E-state index < -0.39 is 0 Å². The van der Waals surface area contributed by atoms with E-state index >= 15 is 0 Å². The predicted octanol–water partition coefficient (Wildman–Crippen LogP) is 4.36. The Morgan fingerprint density at radius 2 is 1.96 bits per heavy atom. The third-order valence-corrected chi connectivity index (χ3v) is 8.24. The highest BCUT2D eigenvalue weighted by Gasteiger charge is 2.21. The Labute approximate surface area is 183 Å². The van der Waals surface area contributed by atoms with Gasteiger partial charge in [0, 0.05) is 17.5 Å². The predicted molar refractivity (Wildman–Crippen MR) is 127 cm³/mol. The van der Waals surface area contributed by atoms with Gasteiger partial charge in [-0.3, -0.25) is 4.79 Å². The molecule has 28 heavy (non-hydrogen) atoms. The topological polar surface area (TPSA) is 80.9 Å². The third-order valence-electron chi connectivity index (χ3n) is 4.02. The molecule has 1 aromatic heterocycles. The van der Waals surface area contributed by atoms with Gasteiger partial charge in [-0.25, -0.2) is 0 Å². The molecule has 5 nitrogen and oxygen atoms in total. The van der Waals surface area contributed by atoms with Crippen molar-refractivity contribution in [2.24, 2.45) is 11.7 Å². The van der Waals surface area contributed by atoms with Crippen molar-refractivity contribution in [2.75, 3.05) is 28.8 Å². The van der Waals surface area contributed by atoms with Crippen LogP contribution < -0.4 is 11.1 Å². The Balaban J connectivity index is 1.89. The summed E-state index contributed by atoms with van der Waals surface area (Å²) in [6.45, 7) is 2.03. The summed E-state index contributed by atoms with van der Waals surface area (Å²) in [7, 11) is 3.49. The highest BCUT2D eigenvalue weighted by molar-refractivity contribution is 8.76. The average molecular weight is 457 g/mol. The van der Waals surface area contributed by atoms with Gasteiger partial charge in [-0.1, -0.05) is 70.2 Å². The Hall–Kier alpha value is -0.740. The fourth-order valence-corrected chi connectivity index (χ4v) is 6.18. The minimum atomic E-state index is -0.128. The maximum Gasteiger partial charge on any atom is 0.230 e. The van der Waals surface area contributed by atoms with E-state index in [9.17, 15) is 4.79 Å². The highest BCUT2D eigenvalue weighted by atomic mass is 33.1. The van der Waals surface area contributed by atoms with Crippen LogP contribution in [0.15, 0.2) is 30.3 Å². The van der Waals surface area contributed by atoms with Crippen LogP contribution in [0.25, 0.3) is 0 Å². The van der Waals surface area contributed by atoms with Gasteiger partial charge in [-0.2, -0.15) is 11.8 Å². The smallest absolute Gasteiger partial charge is 0.230 e. The number of nitrogens with zero attached hydrogens (tertiary/aromatic N) is 2. The van der Waals surface area contributed by atoms with Crippen molar-refractivity contribution in [3.63, 3.8) is 0 Å². The molecule has 0 aliphatic carbocycles. The molecule has 0 saturated carbocycles. The molecule has 2 rings (SSSR count). The number of nitrogens with one attached hydrogen (secondary N) is 1. The Bertz CT molecular complexity index is 698. The molecule has 9 heteroatoms. The molecule has 1 amide bonds. The van der Waals surface area contributed by atoms with Gasteiger partial charge in [-0.15, -0.1) is 10.2 Å². The molecule has 0 spiro atoms. The summed E-state index contributed by atoms with van der Waals surface area (Å²) >= 11 is 3.26. The molecule has 154 valence electrons. The number of rotatable bonds is 13. The number of amides is 1. The maximum absolute atomic E-state index is 12.9. The van der Waals surface area contributed by atoms with Crippen molar-refractivity contribution >= 4 is 55.7 Å². The number of aryl methyl sites for hydroxylation is 1. The molecule has 0 aliphatic heterocycles. The Morgan fingerprint density at radius 3 is 2.64 bits per heavy atom. The van der Waals surface area contributed by atoms with Crippen molar-refractivity contribution < 1.29 is 4.79 Å². The second-order valence-electron chi connectivity index (χ2n) is 6.34. The van der Waals surface area contributed by atoms with Crippen LogP contribution in [-0.4, -0.2) is 45.7 Å². The number of anilines is 1. The first kappa shape index (κ1) is 23.5. The first-order valence-corrected chi connectivity index (χ1v) is 14.0. The van der Waals surface area contributed by atoms with Crippen LogP contribution in [0.1, 0.15) is 23.9 Å². The molecule has 0 radical (unpaired) electrons. The molecule has 2 unspecified atom stereocenters. The van der Waals surface area contributed by atoms with Crippen LogP contribution in [0.5, 0.6) is 0 Å². The zero-order chi connectivity index (χ0) is 20.2.